The molecule has 6 heteroatoms. The Labute approximate surface area is 125 Å². The summed E-state index contributed by atoms with van der Waals surface area (Å²) in [6.07, 6.45) is 6.23. The van der Waals surface area contributed by atoms with Crippen LogP contribution < -0.4 is 10.2 Å². The number of hydrogen-bond acceptors (Lipinski definition) is 5. The van der Waals surface area contributed by atoms with Crippen molar-refractivity contribution in [2.75, 3.05) is 23.3 Å². The summed E-state index contributed by atoms with van der Waals surface area (Å²) < 4.78 is 0. The molecule has 1 aromatic rings. The molecule has 0 radical (unpaired) electrons. The zero-order valence-corrected chi connectivity index (χ0v) is 12.9. The minimum atomic E-state index is 0.0177. The van der Waals surface area contributed by atoms with Crippen LogP contribution in [-0.4, -0.2) is 33.6 Å². The number of nitrogens with one attached hydrogen (secondary N) is 1. The number of anilines is 2. The van der Waals surface area contributed by atoms with Crippen LogP contribution in [0.3, 0.4) is 0 Å². The largest absolute Gasteiger partial charge is 0.349 e. The van der Waals surface area contributed by atoms with Gasteiger partial charge in [-0.25, -0.2) is 0 Å². The van der Waals surface area contributed by atoms with Crippen molar-refractivity contribution in [1.82, 2.24) is 15.0 Å². The van der Waals surface area contributed by atoms with E-state index in [4.69, 9.17) is 11.6 Å². The van der Waals surface area contributed by atoms with E-state index in [9.17, 15) is 0 Å². The highest BCUT2D eigenvalue weighted by atomic mass is 35.5. The molecule has 1 saturated heterocycles. The molecule has 0 atom stereocenters. The van der Waals surface area contributed by atoms with E-state index in [0.717, 1.165) is 13.1 Å². The molecule has 2 aliphatic rings. The lowest BCUT2D eigenvalue weighted by atomic mass is 9.99. The van der Waals surface area contributed by atoms with Crippen LogP contribution >= 0.6 is 11.6 Å². The number of hydrogen-bond donors (Lipinski definition) is 1. The normalized spacial score (nSPS) is 20.1. The molecule has 1 saturated carbocycles. The summed E-state index contributed by atoms with van der Waals surface area (Å²) in [5, 5.41) is 3.70. The molecule has 2 fully saturated rings. The molecular formula is C14H22ClN5. The van der Waals surface area contributed by atoms with Gasteiger partial charge in [-0.15, -0.1) is 0 Å². The Kier molecular flexibility index (Phi) is 3.71. The molecule has 1 N–H and O–H groups in total. The molecule has 0 bridgehead atoms. The molecular weight excluding hydrogens is 274 g/mol. The smallest absolute Gasteiger partial charge is 0.231 e. The van der Waals surface area contributed by atoms with Crippen LogP contribution in [0.15, 0.2) is 0 Å². The quantitative estimate of drug-likeness (QED) is 0.925. The lowest BCUT2D eigenvalue weighted by molar-refractivity contribution is 0.489. The van der Waals surface area contributed by atoms with Crippen molar-refractivity contribution in [2.45, 2.75) is 51.5 Å². The van der Waals surface area contributed by atoms with E-state index in [2.05, 4.69) is 39.0 Å². The number of piperidine rings is 1. The van der Waals surface area contributed by atoms with Crippen molar-refractivity contribution in [2.24, 2.45) is 5.92 Å². The van der Waals surface area contributed by atoms with Crippen molar-refractivity contribution >= 4 is 23.5 Å². The summed E-state index contributed by atoms with van der Waals surface area (Å²) in [7, 11) is 0. The van der Waals surface area contributed by atoms with Crippen LogP contribution in [-0.2, 0) is 0 Å². The molecule has 20 heavy (non-hydrogen) atoms. The second-order valence-corrected chi connectivity index (χ2v) is 6.73. The number of nitrogens with zero attached hydrogens (tertiary/aromatic N) is 4. The lowest BCUT2D eigenvalue weighted by Gasteiger charge is -2.29. The van der Waals surface area contributed by atoms with Gasteiger partial charge in [0.1, 0.15) is 0 Å². The highest BCUT2D eigenvalue weighted by Crippen LogP contribution is 2.40. The van der Waals surface area contributed by atoms with Gasteiger partial charge >= 0.3 is 0 Å². The van der Waals surface area contributed by atoms with Gasteiger partial charge in [0.25, 0.3) is 0 Å². The fourth-order valence-electron chi connectivity index (χ4n) is 2.83. The Bertz CT molecular complexity index is 480. The Morgan fingerprint density at radius 3 is 2.45 bits per heavy atom. The van der Waals surface area contributed by atoms with Gasteiger partial charge in [-0.3, -0.25) is 0 Å². The van der Waals surface area contributed by atoms with E-state index >= 15 is 0 Å². The highest BCUT2D eigenvalue weighted by molar-refractivity contribution is 6.28. The van der Waals surface area contributed by atoms with Crippen LogP contribution in [0, 0.1) is 5.92 Å². The van der Waals surface area contributed by atoms with Crippen LogP contribution in [0.1, 0.15) is 46.0 Å². The monoisotopic (exact) mass is 295 g/mol. The summed E-state index contributed by atoms with van der Waals surface area (Å²) in [4.78, 5) is 15.3. The van der Waals surface area contributed by atoms with Crippen LogP contribution in [0.4, 0.5) is 11.9 Å². The van der Waals surface area contributed by atoms with Gasteiger partial charge < -0.3 is 10.2 Å². The molecule has 1 aliphatic carbocycles. The summed E-state index contributed by atoms with van der Waals surface area (Å²) in [5.41, 5.74) is 0.0177. The summed E-state index contributed by atoms with van der Waals surface area (Å²) in [6.45, 7) is 6.41. The van der Waals surface area contributed by atoms with E-state index in [-0.39, 0.29) is 10.8 Å². The van der Waals surface area contributed by atoms with Crippen LogP contribution in [0.5, 0.6) is 0 Å². The number of halogens is 1. The highest BCUT2D eigenvalue weighted by Gasteiger charge is 2.38. The average molecular weight is 296 g/mol. The summed E-state index contributed by atoms with van der Waals surface area (Å²) >= 11 is 6.06. The molecule has 0 amide bonds. The Morgan fingerprint density at radius 1 is 1.10 bits per heavy atom. The lowest BCUT2D eigenvalue weighted by Crippen LogP contribution is -2.35. The van der Waals surface area contributed by atoms with E-state index in [1.54, 1.807) is 0 Å². The molecule has 1 aromatic heterocycles. The van der Waals surface area contributed by atoms with E-state index < -0.39 is 0 Å². The first-order chi connectivity index (χ1) is 9.54. The third kappa shape index (κ3) is 3.14. The Morgan fingerprint density at radius 2 is 1.80 bits per heavy atom. The van der Waals surface area contributed by atoms with Crippen molar-refractivity contribution < 1.29 is 0 Å². The molecule has 110 valence electrons. The third-order valence-corrected chi connectivity index (χ3v) is 4.44. The fourth-order valence-corrected chi connectivity index (χ4v) is 2.98. The zero-order valence-electron chi connectivity index (χ0n) is 12.2. The average Bonchev–Trinajstić information content (AvgIpc) is 3.23. The standard InChI is InChI=1S/C14H22ClN5/c1-14(2,10-6-7-10)19-12-16-11(15)17-13(18-12)20-8-4-3-5-9-20/h10H,3-9H2,1-2H3,(H,16,17,18,19). The topological polar surface area (TPSA) is 53.9 Å². The van der Waals surface area contributed by atoms with Crippen molar-refractivity contribution in [3.63, 3.8) is 0 Å². The minimum Gasteiger partial charge on any atom is -0.349 e. The van der Waals surface area contributed by atoms with Gasteiger partial charge in [-0.1, -0.05) is 0 Å². The fraction of sp³-hybridized carbons (Fsp3) is 0.786. The first-order valence-electron chi connectivity index (χ1n) is 7.49. The molecule has 2 heterocycles. The summed E-state index contributed by atoms with van der Waals surface area (Å²) in [6, 6.07) is 0. The number of aromatic nitrogens is 3. The predicted molar refractivity (Wildman–Crippen MR) is 81.3 cm³/mol. The maximum absolute atomic E-state index is 6.06. The molecule has 5 nitrogen and oxygen atoms in total. The minimum absolute atomic E-state index is 0.0177. The maximum atomic E-state index is 6.06. The molecule has 1 aliphatic heterocycles. The van der Waals surface area contributed by atoms with Gasteiger partial charge in [-0.05, 0) is 63.5 Å². The van der Waals surface area contributed by atoms with E-state index in [0.29, 0.717) is 17.8 Å². The van der Waals surface area contributed by atoms with Crippen LogP contribution in [0.25, 0.3) is 0 Å². The first kappa shape index (κ1) is 13.9. The predicted octanol–water partition coefficient (Wildman–Crippen LogP) is 3.12. The maximum Gasteiger partial charge on any atom is 0.231 e. The van der Waals surface area contributed by atoms with Gasteiger partial charge in [0, 0.05) is 18.6 Å². The Hall–Kier alpha value is -1.10. The molecule has 3 rings (SSSR count). The second kappa shape index (κ2) is 5.35. The molecule has 0 unspecified atom stereocenters. The molecule has 0 aromatic carbocycles. The number of rotatable bonds is 4. The van der Waals surface area contributed by atoms with Gasteiger partial charge in [-0.2, -0.15) is 15.0 Å². The van der Waals surface area contributed by atoms with Gasteiger partial charge in [0.15, 0.2) is 0 Å². The first-order valence-corrected chi connectivity index (χ1v) is 7.87. The Balaban J connectivity index is 1.78. The summed E-state index contributed by atoms with van der Waals surface area (Å²) in [5.74, 6) is 2.01. The van der Waals surface area contributed by atoms with E-state index in [1.165, 1.54) is 32.1 Å². The third-order valence-electron chi connectivity index (χ3n) is 4.27. The SMILES string of the molecule is CC(C)(Nc1nc(Cl)nc(N2CCCCC2)n1)C1CC1. The van der Waals surface area contributed by atoms with Gasteiger partial charge in [0.2, 0.25) is 17.2 Å². The van der Waals surface area contributed by atoms with Crippen LogP contribution in [0.2, 0.25) is 5.28 Å². The van der Waals surface area contributed by atoms with Crippen molar-refractivity contribution in [1.29, 1.82) is 0 Å². The van der Waals surface area contributed by atoms with Crippen molar-refractivity contribution in [3.05, 3.63) is 5.28 Å². The van der Waals surface area contributed by atoms with Crippen molar-refractivity contribution in [3.8, 4) is 0 Å². The van der Waals surface area contributed by atoms with Gasteiger partial charge in [0.05, 0.1) is 0 Å². The molecule has 0 spiro atoms. The second-order valence-electron chi connectivity index (χ2n) is 6.40. The zero-order chi connectivity index (χ0) is 14.2. The van der Waals surface area contributed by atoms with E-state index in [1.807, 2.05) is 0 Å².